The molecule has 0 unspecified atom stereocenters. The van der Waals surface area contributed by atoms with E-state index >= 15 is 0 Å². The average molecular weight is 345 g/mol. The van der Waals surface area contributed by atoms with Crippen molar-refractivity contribution in [2.45, 2.75) is 46.0 Å². The highest BCUT2D eigenvalue weighted by atomic mass is 79.9. The van der Waals surface area contributed by atoms with Crippen molar-refractivity contribution in [3.05, 3.63) is 33.8 Å². The van der Waals surface area contributed by atoms with Crippen LogP contribution in [0.3, 0.4) is 0 Å². The second-order valence-corrected chi connectivity index (χ2v) is 7.02. The zero-order valence-corrected chi connectivity index (χ0v) is 13.4. The lowest BCUT2D eigenvalue weighted by Gasteiger charge is -2.29. The van der Waals surface area contributed by atoms with E-state index in [0.29, 0.717) is 5.92 Å². The third-order valence-corrected chi connectivity index (χ3v) is 4.70. The van der Waals surface area contributed by atoms with Gasteiger partial charge in [0, 0.05) is 5.41 Å². The van der Waals surface area contributed by atoms with Crippen molar-refractivity contribution in [3.63, 3.8) is 0 Å². The number of hydrogen-bond acceptors (Lipinski definition) is 1. The van der Waals surface area contributed by atoms with Crippen LogP contribution in [-0.2, 0) is 0 Å². The Balaban J connectivity index is 2.40. The monoisotopic (exact) mass is 344 g/mol. The number of halogens is 3. The highest BCUT2D eigenvalue weighted by molar-refractivity contribution is 9.10. The van der Waals surface area contributed by atoms with Crippen LogP contribution >= 0.6 is 15.9 Å². The van der Waals surface area contributed by atoms with Crippen molar-refractivity contribution in [2.75, 3.05) is 0 Å². The lowest BCUT2D eigenvalue weighted by atomic mass is 9.73. The van der Waals surface area contributed by atoms with Gasteiger partial charge in [-0.25, -0.2) is 8.78 Å². The second-order valence-electron chi connectivity index (χ2n) is 6.16. The largest absolute Gasteiger partial charge is 0.293 e. The van der Waals surface area contributed by atoms with E-state index in [9.17, 15) is 13.6 Å². The molecular weight excluding hydrogens is 326 g/mol. The molecule has 1 aliphatic rings. The van der Waals surface area contributed by atoms with Gasteiger partial charge in [-0.15, -0.1) is 0 Å². The molecule has 0 N–H and O–H groups in total. The summed E-state index contributed by atoms with van der Waals surface area (Å²) in [5.74, 6) is -1.10. The summed E-state index contributed by atoms with van der Waals surface area (Å²) in [6, 6.07) is 2.07. The van der Waals surface area contributed by atoms with Gasteiger partial charge in [-0.1, -0.05) is 26.7 Å². The third kappa shape index (κ3) is 2.95. The summed E-state index contributed by atoms with van der Waals surface area (Å²) in [7, 11) is 0. The quantitative estimate of drug-likeness (QED) is 0.519. The summed E-state index contributed by atoms with van der Waals surface area (Å²) in [6.45, 7) is 4.12. The van der Waals surface area contributed by atoms with Gasteiger partial charge in [0.1, 0.15) is 11.6 Å². The van der Waals surface area contributed by atoms with Gasteiger partial charge in [0.2, 0.25) is 0 Å². The Labute approximate surface area is 126 Å². The normalized spacial score (nSPS) is 17.7. The number of rotatable bonds is 4. The zero-order chi connectivity index (χ0) is 14.9. The van der Waals surface area contributed by atoms with E-state index in [2.05, 4.69) is 29.8 Å². The van der Waals surface area contributed by atoms with Crippen LogP contribution in [0.15, 0.2) is 16.6 Å². The summed E-state index contributed by atoms with van der Waals surface area (Å²) in [5, 5.41) is 0. The molecule has 0 radical (unpaired) electrons. The van der Waals surface area contributed by atoms with Crippen LogP contribution in [0.2, 0.25) is 0 Å². The Kier molecular flexibility index (Phi) is 4.62. The van der Waals surface area contributed by atoms with E-state index in [1.54, 1.807) is 0 Å². The smallest absolute Gasteiger partial charge is 0.172 e. The van der Waals surface area contributed by atoms with E-state index in [1.165, 1.54) is 0 Å². The lowest BCUT2D eigenvalue weighted by Crippen LogP contribution is -2.30. The minimum atomic E-state index is -0.640. The highest BCUT2D eigenvalue weighted by Gasteiger charge is 2.42. The Bertz CT molecular complexity index is 519. The summed E-state index contributed by atoms with van der Waals surface area (Å²) < 4.78 is 27.7. The minimum absolute atomic E-state index is 0.0517. The van der Waals surface area contributed by atoms with Gasteiger partial charge >= 0.3 is 0 Å². The van der Waals surface area contributed by atoms with Crippen LogP contribution in [0.25, 0.3) is 0 Å². The maximum atomic E-state index is 14.0. The molecule has 1 aromatic carbocycles. The summed E-state index contributed by atoms with van der Waals surface area (Å²) in [6.07, 6.45) is 4.27. The molecule has 110 valence electrons. The molecule has 1 fully saturated rings. The van der Waals surface area contributed by atoms with Crippen molar-refractivity contribution < 1.29 is 13.6 Å². The van der Waals surface area contributed by atoms with Crippen LogP contribution < -0.4 is 0 Å². The van der Waals surface area contributed by atoms with Crippen molar-refractivity contribution >= 4 is 21.7 Å². The summed E-state index contributed by atoms with van der Waals surface area (Å²) >= 11 is 2.94. The van der Waals surface area contributed by atoms with Gasteiger partial charge in [0.15, 0.2) is 5.78 Å². The molecule has 0 bridgehead atoms. The molecule has 0 saturated heterocycles. The molecule has 0 atom stereocenters. The zero-order valence-electron chi connectivity index (χ0n) is 11.8. The van der Waals surface area contributed by atoms with E-state index in [-0.39, 0.29) is 15.8 Å². The number of Topliss-reactive ketones (excluding diaryl/α,β-unsaturated/α-hetero) is 1. The minimum Gasteiger partial charge on any atom is -0.293 e. The molecule has 20 heavy (non-hydrogen) atoms. The van der Waals surface area contributed by atoms with Gasteiger partial charge in [-0.3, -0.25) is 4.79 Å². The topological polar surface area (TPSA) is 17.1 Å². The molecule has 4 heteroatoms. The molecule has 1 aromatic rings. The molecule has 0 heterocycles. The first-order valence-electron chi connectivity index (χ1n) is 7.05. The summed E-state index contributed by atoms with van der Waals surface area (Å²) in [5.41, 5.74) is -0.608. The molecule has 0 aliphatic heterocycles. The predicted molar refractivity (Wildman–Crippen MR) is 78.7 cm³/mol. The van der Waals surface area contributed by atoms with Crippen molar-refractivity contribution in [2.24, 2.45) is 11.3 Å². The fourth-order valence-electron chi connectivity index (χ4n) is 3.34. The number of carbonyl (C=O) groups is 1. The van der Waals surface area contributed by atoms with Gasteiger partial charge in [0.25, 0.3) is 0 Å². The van der Waals surface area contributed by atoms with Crippen molar-refractivity contribution in [1.29, 1.82) is 0 Å². The van der Waals surface area contributed by atoms with Crippen molar-refractivity contribution in [1.82, 2.24) is 0 Å². The number of carbonyl (C=O) groups excluding carboxylic acids is 1. The van der Waals surface area contributed by atoms with Crippen LogP contribution in [0, 0.1) is 23.0 Å². The highest BCUT2D eigenvalue weighted by Crippen LogP contribution is 2.46. The van der Waals surface area contributed by atoms with Gasteiger partial charge < -0.3 is 0 Å². The number of hydrogen-bond donors (Lipinski definition) is 0. The molecule has 1 saturated carbocycles. The van der Waals surface area contributed by atoms with Crippen LogP contribution in [0.5, 0.6) is 0 Å². The molecule has 0 amide bonds. The third-order valence-electron chi connectivity index (χ3n) is 4.10. The SMILES string of the molecule is CC(C)CC1(C(=O)c2cc(F)c(Br)cc2F)CCCC1. The Hall–Kier alpha value is -0.770. The lowest BCUT2D eigenvalue weighted by molar-refractivity contribution is 0.0754. The summed E-state index contributed by atoms with van der Waals surface area (Å²) in [4.78, 5) is 12.8. The average Bonchev–Trinajstić information content (AvgIpc) is 2.81. The van der Waals surface area contributed by atoms with Crippen LogP contribution in [-0.4, -0.2) is 5.78 Å². The molecule has 0 spiro atoms. The Morgan fingerprint density at radius 1 is 1.25 bits per heavy atom. The number of benzene rings is 1. The van der Waals surface area contributed by atoms with Crippen molar-refractivity contribution in [3.8, 4) is 0 Å². The van der Waals surface area contributed by atoms with Crippen LogP contribution in [0.4, 0.5) is 8.78 Å². The van der Waals surface area contributed by atoms with Gasteiger partial charge in [-0.2, -0.15) is 0 Å². The Morgan fingerprint density at radius 3 is 2.40 bits per heavy atom. The van der Waals surface area contributed by atoms with E-state index in [1.807, 2.05) is 0 Å². The Morgan fingerprint density at radius 2 is 1.85 bits per heavy atom. The van der Waals surface area contributed by atoms with Crippen LogP contribution in [0.1, 0.15) is 56.3 Å². The molecule has 2 rings (SSSR count). The first-order chi connectivity index (χ1) is 9.35. The van der Waals surface area contributed by atoms with Gasteiger partial charge in [0.05, 0.1) is 10.0 Å². The molecule has 1 nitrogen and oxygen atoms in total. The molecule has 1 aliphatic carbocycles. The predicted octanol–water partition coefficient (Wildman–Crippen LogP) is 5.52. The van der Waals surface area contributed by atoms with E-state index < -0.39 is 17.0 Å². The molecular formula is C16H19BrF2O. The maximum Gasteiger partial charge on any atom is 0.172 e. The molecule has 0 aromatic heterocycles. The number of ketones is 1. The standard InChI is InChI=1S/C16H19BrF2O/c1-10(2)9-16(5-3-4-6-16)15(20)11-7-14(19)12(17)8-13(11)18/h7-8,10H,3-6,9H2,1-2H3. The van der Waals surface area contributed by atoms with E-state index in [4.69, 9.17) is 0 Å². The fraction of sp³-hybridized carbons (Fsp3) is 0.562. The second kappa shape index (κ2) is 5.92. The fourth-order valence-corrected chi connectivity index (χ4v) is 3.65. The van der Waals surface area contributed by atoms with Gasteiger partial charge in [-0.05, 0) is 53.2 Å². The first kappa shape index (κ1) is 15.6. The van der Waals surface area contributed by atoms with E-state index in [0.717, 1.165) is 44.2 Å². The maximum absolute atomic E-state index is 14.0. The first-order valence-corrected chi connectivity index (χ1v) is 7.84.